The molecule has 4 fully saturated rings. The first-order valence-corrected chi connectivity index (χ1v) is 14.0. The van der Waals surface area contributed by atoms with E-state index in [9.17, 15) is 20.1 Å². The highest BCUT2D eigenvalue weighted by molar-refractivity contribution is 5.76. The number of fused-ring (bicyclic) bond motifs is 7. The Kier molecular flexibility index (Phi) is 5.36. The molecule has 0 bridgehead atoms. The molecule has 4 saturated carbocycles. The van der Waals surface area contributed by atoms with Crippen molar-refractivity contribution in [3.63, 3.8) is 0 Å². The molecule has 0 aliphatic heterocycles. The van der Waals surface area contributed by atoms with Crippen LogP contribution >= 0.6 is 0 Å². The van der Waals surface area contributed by atoms with Crippen LogP contribution < -0.4 is 0 Å². The molecule has 5 aliphatic rings. The van der Waals surface area contributed by atoms with Gasteiger partial charge in [0.05, 0.1) is 17.6 Å². The molecule has 0 spiro atoms. The normalized spacial score (nSPS) is 56.7. The van der Waals surface area contributed by atoms with Crippen molar-refractivity contribution in [3.8, 4) is 0 Å². The standard InChI is InChI=1S/C30H48O4/c1-17(2)18-8-10-22-26(18,3)14-15-28(5)20-9-11-23-27(4,19(20)12-13-29(22,28)6)16-21(31)24(32)30(23,7)25(33)34/h12,17-18,20-24,31-32H,8-11,13-16H2,1-7H3,(H,33,34)/t18-,20-,21-,22-,23+,24+,26-,27-,28-,29+,30+/m1/s1. The molecule has 4 nitrogen and oxygen atoms in total. The van der Waals surface area contributed by atoms with Crippen LogP contribution in [0, 0.1) is 56.7 Å². The zero-order valence-electron chi connectivity index (χ0n) is 22.5. The Labute approximate surface area is 206 Å². The third-order valence-corrected chi connectivity index (χ3v) is 13.3. The highest BCUT2D eigenvalue weighted by Crippen LogP contribution is 2.76. The first kappa shape index (κ1) is 24.8. The number of aliphatic hydroxyl groups is 2. The van der Waals surface area contributed by atoms with E-state index in [2.05, 4.69) is 47.6 Å². The fourth-order valence-corrected chi connectivity index (χ4v) is 11.3. The lowest BCUT2D eigenvalue weighted by atomic mass is 9.35. The number of carboxylic acids is 1. The number of allylic oxidation sites excluding steroid dienone is 2. The first-order valence-electron chi connectivity index (χ1n) is 14.0. The topological polar surface area (TPSA) is 77.8 Å². The Morgan fingerprint density at radius 3 is 2.21 bits per heavy atom. The van der Waals surface area contributed by atoms with Crippen LogP contribution in [-0.4, -0.2) is 33.5 Å². The smallest absolute Gasteiger partial charge is 0.312 e. The molecule has 0 aromatic heterocycles. The molecule has 0 unspecified atom stereocenters. The number of rotatable bonds is 2. The average molecular weight is 473 g/mol. The van der Waals surface area contributed by atoms with Gasteiger partial charge in [0, 0.05) is 0 Å². The van der Waals surface area contributed by atoms with Crippen molar-refractivity contribution in [2.45, 2.75) is 112 Å². The Morgan fingerprint density at radius 1 is 0.941 bits per heavy atom. The van der Waals surface area contributed by atoms with E-state index in [0.717, 1.165) is 37.0 Å². The van der Waals surface area contributed by atoms with Crippen LogP contribution in [0.1, 0.15) is 99.8 Å². The predicted molar refractivity (Wildman–Crippen MR) is 134 cm³/mol. The van der Waals surface area contributed by atoms with E-state index in [1.54, 1.807) is 6.92 Å². The van der Waals surface area contributed by atoms with Crippen LogP contribution in [0.4, 0.5) is 0 Å². The summed E-state index contributed by atoms with van der Waals surface area (Å²) in [5.41, 5.74) is 0.578. The average Bonchev–Trinajstić information content (AvgIpc) is 3.11. The summed E-state index contributed by atoms with van der Waals surface area (Å²) >= 11 is 0. The second kappa shape index (κ2) is 7.34. The predicted octanol–water partition coefficient (Wildman–Crippen LogP) is 6.06. The lowest BCUT2D eigenvalue weighted by Gasteiger charge is -2.69. The summed E-state index contributed by atoms with van der Waals surface area (Å²) in [5, 5.41) is 32.0. The highest BCUT2D eigenvalue weighted by Gasteiger charge is 2.70. The van der Waals surface area contributed by atoms with Crippen LogP contribution in [-0.2, 0) is 4.79 Å². The van der Waals surface area contributed by atoms with Crippen molar-refractivity contribution in [2.75, 3.05) is 0 Å². The Balaban J connectivity index is 1.58. The fraction of sp³-hybridized carbons (Fsp3) is 0.900. The molecule has 0 aromatic carbocycles. The minimum atomic E-state index is -1.32. The molecule has 34 heavy (non-hydrogen) atoms. The summed E-state index contributed by atoms with van der Waals surface area (Å²) < 4.78 is 0. The molecule has 0 saturated heterocycles. The van der Waals surface area contributed by atoms with Gasteiger partial charge < -0.3 is 15.3 Å². The summed E-state index contributed by atoms with van der Waals surface area (Å²) in [6.07, 6.45) is 8.85. The lowest BCUT2D eigenvalue weighted by molar-refractivity contribution is -0.205. The molecular formula is C30H48O4. The third-order valence-electron chi connectivity index (χ3n) is 13.3. The van der Waals surface area contributed by atoms with E-state index in [-0.39, 0.29) is 22.2 Å². The van der Waals surface area contributed by atoms with Gasteiger partial charge in [-0.15, -0.1) is 0 Å². The summed E-state index contributed by atoms with van der Waals surface area (Å²) in [5.74, 6) is 1.59. The maximum atomic E-state index is 12.5. The fourth-order valence-electron chi connectivity index (χ4n) is 11.3. The summed E-state index contributed by atoms with van der Waals surface area (Å²) in [7, 11) is 0. The van der Waals surface area contributed by atoms with E-state index in [1.165, 1.54) is 31.3 Å². The molecule has 4 heteroatoms. The second-order valence-corrected chi connectivity index (χ2v) is 14.6. The van der Waals surface area contributed by atoms with E-state index >= 15 is 0 Å². The molecular weight excluding hydrogens is 424 g/mol. The minimum absolute atomic E-state index is 0.156. The van der Waals surface area contributed by atoms with Gasteiger partial charge in [0.15, 0.2) is 0 Å². The monoisotopic (exact) mass is 472 g/mol. The number of aliphatic carboxylic acids is 1. The summed E-state index contributed by atoms with van der Waals surface area (Å²) in [6, 6.07) is 0. The van der Waals surface area contributed by atoms with Crippen molar-refractivity contribution < 1.29 is 20.1 Å². The second-order valence-electron chi connectivity index (χ2n) is 14.6. The zero-order valence-corrected chi connectivity index (χ0v) is 22.5. The van der Waals surface area contributed by atoms with Crippen LogP contribution in [0.15, 0.2) is 11.6 Å². The number of carboxylic acid groups (broad SMARTS) is 1. The van der Waals surface area contributed by atoms with Crippen LogP contribution in [0.2, 0.25) is 0 Å². The number of hydrogen-bond acceptors (Lipinski definition) is 3. The molecule has 3 N–H and O–H groups in total. The van der Waals surface area contributed by atoms with Gasteiger partial charge in [-0.25, -0.2) is 0 Å². The molecule has 5 rings (SSSR count). The van der Waals surface area contributed by atoms with Crippen LogP contribution in [0.3, 0.4) is 0 Å². The van der Waals surface area contributed by atoms with Gasteiger partial charge >= 0.3 is 5.97 Å². The van der Waals surface area contributed by atoms with Gasteiger partial charge in [0.1, 0.15) is 0 Å². The zero-order chi connectivity index (χ0) is 25.1. The van der Waals surface area contributed by atoms with Crippen molar-refractivity contribution in [2.24, 2.45) is 56.7 Å². The number of carbonyl (C=O) groups is 1. The Bertz CT molecular complexity index is 909. The van der Waals surface area contributed by atoms with Gasteiger partial charge in [-0.1, -0.05) is 53.2 Å². The molecule has 0 aromatic rings. The molecule has 192 valence electrons. The van der Waals surface area contributed by atoms with Gasteiger partial charge in [-0.2, -0.15) is 0 Å². The van der Waals surface area contributed by atoms with Crippen molar-refractivity contribution in [1.29, 1.82) is 0 Å². The molecule has 5 aliphatic carbocycles. The van der Waals surface area contributed by atoms with Gasteiger partial charge in [0.25, 0.3) is 0 Å². The highest BCUT2D eigenvalue weighted by atomic mass is 16.4. The maximum Gasteiger partial charge on any atom is 0.312 e. The Morgan fingerprint density at radius 2 is 1.59 bits per heavy atom. The summed E-state index contributed by atoms with van der Waals surface area (Å²) in [4.78, 5) is 12.5. The van der Waals surface area contributed by atoms with Gasteiger partial charge in [-0.05, 0) is 110 Å². The number of aliphatic hydroxyl groups excluding tert-OH is 2. The van der Waals surface area contributed by atoms with Crippen molar-refractivity contribution >= 4 is 5.97 Å². The van der Waals surface area contributed by atoms with Crippen molar-refractivity contribution in [3.05, 3.63) is 11.6 Å². The van der Waals surface area contributed by atoms with E-state index in [0.29, 0.717) is 17.8 Å². The third kappa shape index (κ3) is 2.71. The minimum Gasteiger partial charge on any atom is -0.481 e. The molecule has 0 amide bonds. The van der Waals surface area contributed by atoms with E-state index in [4.69, 9.17) is 0 Å². The van der Waals surface area contributed by atoms with Crippen molar-refractivity contribution in [1.82, 2.24) is 0 Å². The Hall–Kier alpha value is -0.870. The number of hydrogen-bond donors (Lipinski definition) is 3. The summed E-state index contributed by atoms with van der Waals surface area (Å²) in [6.45, 7) is 16.4. The largest absolute Gasteiger partial charge is 0.481 e. The quantitative estimate of drug-likeness (QED) is 0.427. The first-order chi connectivity index (χ1) is 15.7. The van der Waals surface area contributed by atoms with Gasteiger partial charge in [0.2, 0.25) is 0 Å². The molecule has 0 heterocycles. The molecule has 0 radical (unpaired) electrons. The van der Waals surface area contributed by atoms with E-state index in [1.807, 2.05) is 0 Å². The maximum absolute atomic E-state index is 12.5. The SMILES string of the molecule is CC(C)[C@H]1CC[C@@H]2[C@]1(C)CC[C@]1(C)[C@@H]3CC[C@@H]4[C@](C)(C(=O)O)[C@@H](O)[C@H](O)C[C@]4(C)C3=CC[C@@]21C. The molecule has 11 atom stereocenters. The van der Waals surface area contributed by atoms with Crippen LogP contribution in [0.25, 0.3) is 0 Å². The van der Waals surface area contributed by atoms with Crippen LogP contribution in [0.5, 0.6) is 0 Å². The van der Waals surface area contributed by atoms with E-state index < -0.39 is 23.6 Å². The van der Waals surface area contributed by atoms with Gasteiger partial charge in [-0.3, -0.25) is 4.79 Å². The lowest BCUT2D eigenvalue weighted by Crippen LogP contribution is -2.66.